The average Bonchev–Trinajstić information content (AvgIpc) is 2.98. The molecule has 1 aromatic heterocycles. The third kappa shape index (κ3) is 3.95. The number of hydrogen-bond acceptors (Lipinski definition) is 4. The second-order valence-electron chi connectivity index (χ2n) is 7.87. The van der Waals surface area contributed by atoms with E-state index in [1.165, 1.54) is 9.47 Å². The Morgan fingerprint density at radius 3 is 2.42 bits per heavy atom. The van der Waals surface area contributed by atoms with Crippen molar-refractivity contribution < 1.29 is 33.0 Å². The number of carboxylic acids is 1. The molecule has 0 fully saturated rings. The van der Waals surface area contributed by atoms with Gasteiger partial charge in [-0.25, -0.2) is 18.4 Å². The summed E-state index contributed by atoms with van der Waals surface area (Å²) in [4.78, 5) is 38.6. The van der Waals surface area contributed by atoms with Crippen LogP contribution in [-0.4, -0.2) is 45.6 Å². The number of amides is 1. The van der Waals surface area contributed by atoms with Crippen LogP contribution < -0.4 is 0 Å². The Kier molecular flexibility index (Phi) is 5.71. The Hall–Kier alpha value is -3.49. The van der Waals surface area contributed by atoms with Crippen LogP contribution in [0.5, 0.6) is 0 Å². The minimum absolute atomic E-state index is 0.0425. The van der Waals surface area contributed by atoms with Crippen molar-refractivity contribution in [1.82, 2.24) is 9.47 Å². The molecule has 0 aliphatic carbocycles. The fraction of sp³-hybridized carbons (Fsp3) is 0.318. The lowest BCUT2D eigenvalue weighted by molar-refractivity contribution is -0.130. The van der Waals surface area contributed by atoms with E-state index in [2.05, 4.69) is 0 Å². The third-order valence-electron chi connectivity index (χ3n) is 5.21. The fourth-order valence-corrected chi connectivity index (χ4v) is 3.70. The van der Waals surface area contributed by atoms with Crippen molar-refractivity contribution in [3.8, 4) is 0 Å². The highest BCUT2D eigenvalue weighted by Gasteiger charge is 2.38. The molecule has 0 saturated carbocycles. The number of benzene rings is 1. The van der Waals surface area contributed by atoms with Gasteiger partial charge in [0, 0.05) is 30.8 Å². The van der Waals surface area contributed by atoms with E-state index in [4.69, 9.17) is 4.74 Å². The van der Waals surface area contributed by atoms with Crippen LogP contribution in [0.1, 0.15) is 52.9 Å². The summed E-state index contributed by atoms with van der Waals surface area (Å²) in [6.45, 7) is 5.47. The van der Waals surface area contributed by atoms with Crippen molar-refractivity contribution >= 4 is 23.4 Å². The summed E-state index contributed by atoms with van der Waals surface area (Å²) in [6, 6.07) is 4.32. The van der Waals surface area contributed by atoms with E-state index in [1.807, 2.05) is 0 Å². The predicted molar refractivity (Wildman–Crippen MR) is 107 cm³/mol. The first-order valence-corrected chi connectivity index (χ1v) is 9.56. The molecule has 0 bridgehead atoms. The van der Waals surface area contributed by atoms with Gasteiger partial charge in [-0.05, 0) is 36.8 Å². The lowest BCUT2D eigenvalue weighted by Crippen LogP contribution is -2.36. The first-order valence-electron chi connectivity index (χ1n) is 9.56. The molecule has 0 unspecified atom stereocenters. The van der Waals surface area contributed by atoms with Crippen LogP contribution >= 0.6 is 0 Å². The molecule has 0 radical (unpaired) electrons. The minimum atomic E-state index is -1.31. The molecule has 0 saturated heterocycles. The van der Waals surface area contributed by atoms with Crippen LogP contribution in [0.3, 0.4) is 0 Å². The molecule has 0 atom stereocenters. The van der Waals surface area contributed by atoms with Gasteiger partial charge >= 0.3 is 11.9 Å². The van der Waals surface area contributed by atoms with Gasteiger partial charge in [-0.3, -0.25) is 4.79 Å². The number of carbonyl (C=O) groups excluding carboxylic acids is 2. The number of nitrogens with zero attached hydrogens (tertiary/aromatic N) is 2. The van der Waals surface area contributed by atoms with E-state index >= 15 is 0 Å². The average molecular weight is 432 g/mol. The highest BCUT2D eigenvalue weighted by molar-refractivity contribution is 6.16. The van der Waals surface area contributed by atoms with Crippen LogP contribution in [0.2, 0.25) is 0 Å². The number of carboxylic acid groups (broad SMARTS) is 1. The zero-order valence-electron chi connectivity index (χ0n) is 17.5. The Balaban J connectivity index is 2.16. The van der Waals surface area contributed by atoms with E-state index in [9.17, 15) is 28.3 Å². The molecule has 7 nitrogen and oxygen atoms in total. The van der Waals surface area contributed by atoms with E-state index in [0.717, 1.165) is 24.4 Å². The normalized spacial score (nSPS) is 15.0. The van der Waals surface area contributed by atoms with E-state index in [-0.39, 0.29) is 35.7 Å². The number of carbonyl (C=O) groups is 3. The number of ether oxygens (including phenoxy) is 1. The molecule has 2 heterocycles. The second kappa shape index (κ2) is 7.98. The maximum absolute atomic E-state index is 13.6. The predicted octanol–water partition coefficient (Wildman–Crippen LogP) is 3.34. The van der Waals surface area contributed by atoms with Crippen molar-refractivity contribution in [3.05, 3.63) is 64.6 Å². The quantitative estimate of drug-likeness (QED) is 0.749. The van der Waals surface area contributed by atoms with Crippen LogP contribution in [-0.2, 0) is 22.0 Å². The molecule has 1 amide bonds. The highest BCUT2D eigenvalue weighted by atomic mass is 19.2. The van der Waals surface area contributed by atoms with Gasteiger partial charge in [0.05, 0.1) is 17.9 Å². The molecule has 0 spiro atoms. The van der Waals surface area contributed by atoms with E-state index in [1.54, 1.807) is 33.9 Å². The Bertz CT molecular complexity index is 1120. The number of aromatic nitrogens is 1. The Morgan fingerprint density at radius 1 is 1.16 bits per heavy atom. The topological polar surface area (TPSA) is 88.8 Å². The lowest BCUT2D eigenvalue weighted by Gasteiger charge is -2.29. The SMILES string of the molecule is CCOC(=O)c1cc2c(n1C)C(C(=O)O)=CN(C(=O)c1ccc(F)c(F)c1)CC2(C)C. The molecule has 3 rings (SSSR count). The largest absolute Gasteiger partial charge is 0.478 e. The highest BCUT2D eigenvalue weighted by Crippen LogP contribution is 2.37. The van der Waals surface area contributed by atoms with Crippen molar-refractivity contribution in [1.29, 1.82) is 0 Å². The molecule has 1 aliphatic rings. The number of fused-ring (bicyclic) bond motifs is 1. The molecule has 1 aromatic carbocycles. The van der Waals surface area contributed by atoms with Crippen molar-refractivity contribution in [2.75, 3.05) is 13.2 Å². The molecular weight excluding hydrogens is 410 g/mol. The van der Waals surface area contributed by atoms with Crippen LogP contribution in [0.15, 0.2) is 30.5 Å². The second-order valence-corrected chi connectivity index (χ2v) is 7.87. The zero-order chi connectivity index (χ0) is 23.1. The molecule has 164 valence electrons. The summed E-state index contributed by atoms with van der Waals surface area (Å²) in [6.07, 6.45) is 1.16. The lowest BCUT2D eigenvalue weighted by atomic mass is 9.83. The summed E-state index contributed by atoms with van der Waals surface area (Å²) < 4.78 is 33.4. The van der Waals surface area contributed by atoms with Gasteiger partial charge in [0.2, 0.25) is 0 Å². The molecule has 1 N–H and O–H groups in total. The third-order valence-corrected chi connectivity index (χ3v) is 5.21. The Morgan fingerprint density at radius 2 is 1.84 bits per heavy atom. The first-order chi connectivity index (χ1) is 14.5. The Labute approximate surface area is 177 Å². The summed E-state index contributed by atoms with van der Waals surface area (Å²) in [5, 5.41) is 9.86. The number of hydrogen-bond donors (Lipinski definition) is 1. The summed E-state index contributed by atoms with van der Waals surface area (Å²) in [5.74, 6) is -4.84. The van der Waals surface area contributed by atoms with Crippen LogP contribution in [0.4, 0.5) is 8.78 Å². The van der Waals surface area contributed by atoms with Crippen LogP contribution in [0.25, 0.3) is 5.57 Å². The van der Waals surface area contributed by atoms with Gasteiger partial charge in [-0.2, -0.15) is 0 Å². The monoisotopic (exact) mass is 432 g/mol. The number of halogens is 2. The molecule has 9 heteroatoms. The number of aliphatic carboxylic acids is 1. The molecule has 31 heavy (non-hydrogen) atoms. The summed E-state index contributed by atoms with van der Waals surface area (Å²) in [5.41, 5.74) is -0.107. The van der Waals surface area contributed by atoms with Crippen LogP contribution in [0, 0.1) is 11.6 Å². The maximum atomic E-state index is 13.6. The summed E-state index contributed by atoms with van der Waals surface area (Å²) >= 11 is 0. The zero-order valence-corrected chi connectivity index (χ0v) is 17.5. The van der Waals surface area contributed by atoms with Gasteiger partial charge in [0.1, 0.15) is 5.69 Å². The molecule has 1 aliphatic heterocycles. The van der Waals surface area contributed by atoms with E-state index < -0.39 is 34.9 Å². The van der Waals surface area contributed by atoms with Crippen molar-refractivity contribution in [2.45, 2.75) is 26.2 Å². The maximum Gasteiger partial charge on any atom is 0.354 e. The van der Waals surface area contributed by atoms with Crippen molar-refractivity contribution in [3.63, 3.8) is 0 Å². The fourth-order valence-electron chi connectivity index (χ4n) is 3.70. The molecular formula is C22H22F2N2O5. The minimum Gasteiger partial charge on any atom is -0.478 e. The van der Waals surface area contributed by atoms with Gasteiger partial charge in [0.15, 0.2) is 11.6 Å². The number of esters is 1. The smallest absolute Gasteiger partial charge is 0.354 e. The van der Waals surface area contributed by atoms with Gasteiger partial charge in [-0.1, -0.05) is 13.8 Å². The van der Waals surface area contributed by atoms with Gasteiger partial charge in [-0.15, -0.1) is 0 Å². The first kappa shape index (κ1) is 22.2. The standard InChI is InChI=1S/C22H22F2N2O5/c1-5-31-21(30)17-9-14-18(25(17)4)13(20(28)29)10-26(11-22(14,2)3)19(27)12-6-7-15(23)16(24)8-12/h6-10H,5,11H2,1-4H3,(H,28,29). The molecule has 2 aromatic rings. The number of rotatable bonds is 4. The van der Waals surface area contributed by atoms with Gasteiger partial charge < -0.3 is 19.3 Å². The van der Waals surface area contributed by atoms with E-state index in [0.29, 0.717) is 5.56 Å². The summed E-state index contributed by atoms with van der Waals surface area (Å²) in [7, 11) is 1.55. The van der Waals surface area contributed by atoms with Crippen molar-refractivity contribution in [2.24, 2.45) is 7.05 Å². The van der Waals surface area contributed by atoms with Gasteiger partial charge in [0.25, 0.3) is 5.91 Å².